The fraction of sp³-hybridized carbons (Fsp3) is 0.833. The van der Waals surface area contributed by atoms with E-state index in [1.165, 1.54) is 0 Å². The van der Waals surface area contributed by atoms with Crippen molar-refractivity contribution in [2.45, 2.75) is 50.7 Å². The summed E-state index contributed by atoms with van der Waals surface area (Å²) in [6.45, 7) is 2.65. The molecule has 20 heavy (non-hydrogen) atoms. The first-order chi connectivity index (χ1) is 9.67. The molecule has 0 radical (unpaired) electrons. The van der Waals surface area contributed by atoms with Crippen molar-refractivity contribution in [2.24, 2.45) is 11.6 Å². The van der Waals surface area contributed by atoms with Crippen LogP contribution in [0, 0.1) is 5.92 Å². The summed E-state index contributed by atoms with van der Waals surface area (Å²) < 4.78 is 7.02. The highest BCUT2D eigenvalue weighted by molar-refractivity contribution is 6.40. The Hall–Kier alpha value is -0.900. The van der Waals surface area contributed by atoms with Crippen LogP contribution in [0.1, 0.15) is 20.3 Å². The number of hydrogen-bond donors (Lipinski definition) is 6. The van der Waals surface area contributed by atoms with Crippen molar-refractivity contribution in [3.8, 4) is 0 Å². The average molecular weight is 294 g/mol. The summed E-state index contributed by atoms with van der Waals surface area (Å²) in [5, 5.41) is 46.3. The molecule has 0 heterocycles. The van der Waals surface area contributed by atoms with Crippen LogP contribution in [0.3, 0.4) is 0 Å². The van der Waals surface area contributed by atoms with E-state index in [-0.39, 0.29) is 12.3 Å². The first kappa shape index (κ1) is 17.2. The molecule has 118 valence electrons. The maximum absolute atomic E-state index is 11.8. The number of ketones is 2. The molecular weight excluding hydrogens is 270 g/mol. The molecule has 0 fully saturated rings. The highest BCUT2D eigenvalue weighted by Gasteiger charge is 2.38. The minimum absolute atomic E-state index is 0.00784. The molecule has 0 spiro atoms. The number of nitrogens with two attached hydrogens (primary N) is 1. The molecule has 8 heteroatoms. The molecule has 0 aliphatic heterocycles. The Labute approximate surface area is 118 Å². The predicted molar refractivity (Wildman–Crippen MR) is 68.6 cm³/mol. The third-order valence-corrected chi connectivity index (χ3v) is 2.79. The van der Waals surface area contributed by atoms with Crippen molar-refractivity contribution in [1.82, 2.24) is 0 Å². The zero-order valence-corrected chi connectivity index (χ0v) is 11.4. The molecule has 0 bridgehead atoms. The van der Waals surface area contributed by atoms with E-state index in [1.54, 1.807) is 13.8 Å². The van der Waals surface area contributed by atoms with Crippen LogP contribution >= 0.6 is 0 Å². The van der Waals surface area contributed by atoms with Crippen LogP contribution in [-0.4, -0.2) is 74.2 Å². The fourth-order valence-corrected chi connectivity index (χ4v) is 1.57. The van der Waals surface area contributed by atoms with Gasteiger partial charge in [-0.3, -0.25) is 9.59 Å². The van der Waals surface area contributed by atoms with E-state index in [4.69, 9.17) is 11.6 Å². The number of aliphatic hydroxyl groups is 5. The quantitative estimate of drug-likeness (QED) is 0.231. The van der Waals surface area contributed by atoms with E-state index in [0.29, 0.717) is 0 Å². The summed E-state index contributed by atoms with van der Waals surface area (Å²) in [7, 11) is 0. The van der Waals surface area contributed by atoms with Crippen LogP contribution in [0.15, 0.2) is 0 Å². The second-order valence-corrected chi connectivity index (χ2v) is 5.09. The third-order valence-electron chi connectivity index (χ3n) is 2.79. The number of hydrogen-bond acceptors (Lipinski definition) is 8. The van der Waals surface area contributed by atoms with Gasteiger partial charge in [0.15, 0.2) is 0 Å². The first-order valence-electron chi connectivity index (χ1n) is 6.75. The molecule has 0 saturated carbocycles. The van der Waals surface area contributed by atoms with E-state index in [0.717, 1.165) is 0 Å². The van der Waals surface area contributed by atoms with Gasteiger partial charge in [-0.2, -0.15) is 0 Å². The summed E-state index contributed by atoms with van der Waals surface area (Å²) in [6.07, 6.45) is -7.96. The summed E-state index contributed by atoms with van der Waals surface area (Å²) in [5.41, 5.74) is 1.91. The van der Waals surface area contributed by atoms with E-state index in [9.17, 15) is 24.9 Å². The van der Waals surface area contributed by atoms with Crippen LogP contribution in [0.5, 0.6) is 0 Å². The second-order valence-electron chi connectivity index (χ2n) is 5.09. The summed E-state index contributed by atoms with van der Waals surface area (Å²) >= 11 is 0. The normalized spacial score (nSPS) is 19.9. The topological polar surface area (TPSA) is 161 Å². The summed E-state index contributed by atoms with van der Waals surface area (Å²) in [4.78, 5) is 23.6. The lowest BCUT2D eigenvalue weighted by atomic mass is 9.93. The molecule has 0 aliphatic rings. The maximum atomic E-state index is 11.8. The minimum atomic E-state index is -2.25. The van der Waals surface area contributed by atoms with E-state index >= 15 is 0 Å². The smallest absolute Gasteiger partial charge is 0.231 e. The predicted octanol–water partition coefficient (Wildman–Crippen LogP) is -3.07. The molecule has 0 aliphatic carbocycles. The lowest BCUT2D eigenvalue weighted by molar-refractivity contribution is -0.154. The summed E-state index contributed by atoms with van der Waals surface area (Å²) in [6, 6.07) is -1.14. The Kier molecular flexibility index (Phi) is 7.20. The van der Waals surface area contributed by atoms with Gasteiger partial charge in [0.1, 0.15) is 25.8 Å². The highest BCUT2D eigenvalue weighted by atomic mass is 16.4. The molecule has 0 aromatic rings. The van der Waals surface area contributed by atoms with Gasteiger partial charge in [-0.05, 0) is 12.3 Å². The molecule has 5 atom stereocenters. The Balaban J connectivity index is 4.85. The van der Waals surface area contributed by atoms with Gasteiger partial charge in [-0.25, -0.2) is 0 Å². The summed E-state index contributed by atoms with van der Waals surface area (Å²) in [5.74, 6) is -2.47. The largest absolute Gasteiger partial charge is 0.394 e. The molecule has 8 nitrogen and oxygen atoms in total. The standard InChI is InChI=1S/C12H23NO7/c1-5(2)3-6(13)8(16)10(18)12(20)11(19)9(17)7(15)4-14/h5-7,9,11-12,14-15,17,19-20H,3-4,13H2,1-2H3/t6-,7+,9+,11-,12-/m0/s1/i/hD. The van der Waals surface area contributed by atoms with Gasteiger partial charge < -0.3 is 31.3 Å². The molecule has 0 rings (SSSR count). The molecular formula is C12H23NO7. The molecule has 0 amide bonds. The minimum Gasteiger partial charge on any atom is -0.394 e. The van der Waals surface area contributed by atoms with Gasteiger partial charge in [-0.1, -0.05) is 13.8 Å². The van der Waals surface area contributed by atoms with Crippen molar-refractivity contribution >= 4 is 11.6 Å². The van der Waals surface area contributed by atoms with Crippen LogP contribution in [0.25, 0.3) is 0 Å². The van der Waals surface area contributed by atoms with Crippen molar-refractivity contribution in [1.29, 1.82) is 0 Å². The third kappa shape index (κ3) is 5.23. The van der Waals surface area contributed by atoms with Crippen molar-refractivity contribution in [2.75, 3.05) is 6.61 Å². The Morgan fingerprint density at radius 3 is 2.05 bits per heavy atom. The molecule has 0 aromatic carbocycles. The van der Waals surface area contributed by atoms with Gasteiger partial charge in [0.05, 0.1) is 12.6 Å². The van der Waals surface area contributed by atoms with E-state index < -0.39 is 48.6 Å². The van der Waals surface area contributed by atoms with Crippen molar-refractivity contribution in [3.05, 3.63) is 0 Å². The van der Waals surface area contributed by atoms with Gasteiger partial charge in [0.2, 0.25) is 11.6 Å². The zero-order chi connectivity index (χ0) is 16.7. The number of rotatable bonds is 10. The van der Waals surface area contributed by atoms with Gasteiger partial charge in [0, 0.05) is 0 Å². The van der Waals surface area contributed by atoms with Gasteiger partial charge in [-0.15, -0.1) is 0 Å². The van der Waals surface area contributed by atoms with Gasteiger partial charge in [0.25, 0.3) is 0 Å². The van der Waals surface area contributed by atoms with Crippen LogP contribution in [-0.2, 0) is 9.59 Å². The van der Waals surface area contributed by atoms with E-state index in [1.807, 2.05) is 5.73 Å². The monoisotopic (exact) mass is 294 g/mol. The fourth-order valence-electron chi connectivity index (χ4n) is 1.57. The van der Waals surface area contributed by atoms with E-state index in [2.05, 4.69) is 0 Å². The maximum Gasteiger partial charge on any atom is 0.231 e. The lowest BCUT2D eigenvalue weighted by Crippen LogP contribution is -2.52. The number of aliphatic hydroxyl groups excluding tert-OH is 5. The van der Waals surface area contributed by atoms with Crippen LogP contribution in [0.4, 0.5) is 0 Å². The molecule has 0 unspecified atom stereocenters. The molecule has 0 aromatic heterocycles. The van der Waals surface area contributed by atoms with Crippen molar-refractivity contribution in [3.63, 3.8) is 0 Å². The second kappa shape index (κ2) is 8.40. The molecule has 0 saturated heterocycles. The van der Waals surface area contributed by atoms with Crippen LogP contribution in [0.2, 0.25) is 1.41 Å². The average Bonchev–Trinajstić information content (AvgIpc) is 2.47. The van der Waals surface area contributed by atoms with Crippen LogP contribution < -0.4 is 5.73 Å². The zero-order valence-electron chi connectivity index (χ0n) is 12.4. The lowest BCUT2D eigenvalue weighted by Gasteiger charge is -2.25. The Bertz CT molecular complexity index is 352. The SMILES string of the molecule is [2H]N[C@@H](CC(C)C)C(=O)C(=O)[C@H](O)[C@@H](O)[C@H](O)[C@H](O)CO. The highest BCUT2D eigenvalue weighted by Crippen LogP contribution is 2.09. The number of Topliss-reactive ketones (excluding diaryl/α,β-unsaturated/α-hetero) is 2. The van der Waals surface area contributed by atoms with Crippen molar-refractivity contribution < 1.29 is 36.5 Å². The first-order valence-corrected chi connectivity index (χ1v) is 6.25. The van der Waals surface area contributed by atoms with Gasteiger partial charge >= 0.3 is 0 Å². The Morgan fingerprint density at radius 2 is 1.65 bits per heavy atom. The molecule has 7 N–H and O–H groups in total. The Morgan fingerprint density at radius 1 is 1.10 bits per heavy atom. The number of carbonyl (C=O) groups is 2. The number of carbonyl (C=O) groups excluding carboxylic acids is 2.